The molecule has 0 radical (unpaired) electrons. The van der Waals surface area contributed by atoms with E-state index in [1.54, 1.807) is 32.9 Å². The van der Waals surface area contributed by atoms with E-state index in [2.05, 4.69) is 10.5 Å². The molecule has 1 N–H and O–H groups in total. The number of amides is 1. The molecule has 0 bridgehead atoms. The molecule has 2 rings (SSSR count). The summed E-state index contributed by atoms with van der Waals surface area (Å²) < 4.78 is 15.5. The molecule has 6 nitrogen and oxygen atoms in total. The lowest BCUT2D eigenvalue weighted by Gasteiger charge is -2.18. The maximum atomic E-state index is 11.3. The zero-order valence-electron chi connectivity index (χ0n) is 11.1. The quantitative estimate of drug-likeness (QED) is 0.657. The van der Waals surface area contributed by atoms with Crippen LogP contribution in [0.15, 0.2) is 23.3 Å². The predicted molar refractivity (Wildman–Crippen MR) is 69.5 cm³/mol. The van der Waals surface area contributed by atoms with E-state index in [0.717, 1.165) is 5.56 Å². The molecule has 1 amide bonds. The lowest BCUT2D eigenvalue weighted by Crippen LogP contribution is -2.29. The molecule has 1 aromatic carbocycles. The first kappa shape index (κ1) is 13.2. The molecule has 102 valence electrons. The lowest BCUT2D eigenvalue weighted by molar-refractivity contribution is 0.0529. The highest BCUT2D eigenvalue weighted by atomic mass is 16.7. The largest absolute Gasteiger partial charge is 0.454 e. The zero-order chi connectivity index (χ0) is 13.9. The van der Waals surface area contributed by atoms with Gasteiger partial charge >= 0.3 is 6.09 Å². The molecule has 1 aliphatic rings. The molecule has 0 saturated heterocycles. The van der Waals surface area contributed by atoms with E-state index in [1.165, 1.54) is 6.21 Å². The molecule has 6 heteroatoms. The highest BCUT2D eigenvalue weighted by Crippen LogP contribution is 2.31. The number of nitrogens with one attached hydrogen (secondary N) is 1. The Morgan fingerprint density at radius 2 is 2.11 bits per heavy atom. The van der Waals surface area contributed by atoms with Gasteiger partial charge in [-0.05, 0) is 44.5 Å². The molecule has 0 aromatic heterocycles. The van der Waals surface area contributed by atoms with Crippen LogP contribution < -0.4 is 14.9 Å². The van der Waals surface area contributed by atoms with Crippen molar-refractivity contribution in [3.63, 3.8) is 0 Å². The van der Waals surface area contributed by atoms with Gasteiger partial charge in [-0.15, -0.1) is 0 Å². The van der Waals surface area contributed by atoms with Crippen LogP contribution in [0.1, 0.15) is 26.3 Å². The average Bonchev–Trinajstić information content (AvgIpc) is 2.73. The first-order valence-electron chi connectivity index (χ1n) is 5.86. The number of hydrazone groups is 1. The Morgan fingerprint density at radius 1 is 1.37 bits per heavy atom. The van der Waals surface area contributed by atoms with Crippen molar-refractivity contribution in [1.82, 2.24) is 5.43 Å². The van der Waals surface area contributed by atoms with Crippen molar-refractivity contribution in [2.45, 2.75) is 26.4 Å². The monoisotopic (exact) mass is 264 g/mol. The van der Waals surface area contributed by atoms with Gasteiger partial charge in [-0.1, -0.05) is 0 Å². The second kappa shape index (κ2) is 5.17. The van der Waals surface area contributed by atoms with Gasteiger partial charge in [0.15, 0.2) is 11.5 Å². The normalized spacial score (nSPS) is 13.6. The molecule has 0 atom stereocenters. The van der Waals surface area contributed by atoms with Gasteiger partial charge in [-0.25, -0.2) is 10.2 Å². The molecular formula is C13H16N2O4. The number of carbonyl (C=O) groups is 1. The Morgan fingerprint density at radius 3 is 2.84 bits per heavy atom. The van der Waals surface area contributed by atoms with Crippen LogP contribution in [0, 0.1) is 0 Å². The molecule has 0 unspecified atom stereocenters. The minimum absolute atomic E-state index is 0.228. The van der Waals surface area contributed by atoms with E-state index in [-0.39, 0.29) is 6.79 Å². The second-order valence-electron chi connectivity index (χ2n) is 4.98. The summed E-state index contributed by atoms with van der Waals surface area (Å²) in [5, 5.41) is 3.81. The van der Waals surface area contributed by atoms with Crippen LogP contribution in [0.4, 0.5) is 4.79 Å². The molecule has 19 heavy (non-hydrogen) atoms. The van der Waals surface area contributed by atoms with Crippen LogP contribution >= 0.6 is 0 Å². The van der Waals surface area contributed by atoms with Gasteiger partial charge in [-0.3, -0.25) is 0 Å². The summed E-state index contributed by atoms with van der Waals surface area (Å²) in [6, 6.07) is 5.38. The summed E-state index contributed by atoms with van der Waals surface area (Å²) in [5.74, 6) is 1.37. The highest BCUT2D eigenvalue weighted by Gasteiger charge is 2.15. The molecule has 0 aliphatic carbocycles. The number of nitrogens with zero attached hydrogens (tertiary/aromatic N) is 1. The molecule has 0 spiro atoms. The first-order valence-corrected chi connectivity index (χ1v) is 5.86. The van der Waals surface area contributed by atoms with Crippen LogP contribution in [0.2, 0.25) is 0 Å². The van der Waals surface area contributed by atoms with Gasteiger partial charge in [0.25, 0.3) is 0 Å². The lowest BCUT2D eigenvalue weighted by atomic mass is 10.2. The number of carbonyl (C=O) groups excluding carboxylic acids is 1. The standard InChI is InChI=1S/C13H16N2O4/c1-13(2,3)19-12(16)15-14-7-9-4-5-10-11(6-9)18-8-17-10/h4-7H,8H2,1-3H3,(H,15,16)/b14-7+. The van der Waals surface area contributed by atoms with Gasteiger partial charge in [0.1, 0.15) is 5.60 Å². The molecule has 1 aromatic rings. The topological polar surface area (TPSA) is 69.2 Å². The summed E-state index contributed by atoms with van der Waals surface area (Å²) in [4.78, 5) is 11.3. The van der Waals surface area contributed by atoms with Crippen molar-refractivity contribution >= 4 is 12.3 Å². The van der Waals surface area contributed by atoms with Gasteiger partial charge in [0.05, 0.1) is 6.21 Å². The van der Waals surface area contributed by atoms with Crippen LogP contribution in [-0.4, -0.2) is 24.7 Å². The minimum atomic E-state index is -0.593. The number of fused-ring (bicyclic) bond motifs is 1. The number of rotatable bonds is 2. The Labute approximate surface area is 111 Å². The van der Waals surface area contributed by atoms with Crippen molar-refractivity contribution < 1.29 is 19.0 Å². The molecule has 1 aliphatic heterocycles. The number of benzene rings is 1. The first-order chi connectivity index (χ1) is 8.94. The van der Waals surface area contributed by atoms with Gasteiger partial charge in [0, 0.05) is 0 Å². The van der Waals surface area contributed by atoms with E-state index in [1.807, 2.05) is 6.07 Å². The van der Waals surface area contributed by atoms with E-state index >= 15 is 0 Å². The molecule has 0 fully saturated rings. The van der Waals surface area contributed by atoms with Crippen molar-refractivity contribution in [2.24, 2.45) is 5.10 Å². The smallest absolute Gasteiger partial charge is 0.428 e. The Bertz CT molecular complexity index is 506. The van der Waals surface area contributed by atoms with Crippen LogP contribution in [-0.2, 0) is 4.74 Å². The SMILES string of the molecule is CC(C)(C)OC(=O)N/N=C/c1ccc2c(c1)OCO2. The van der Waals surface area contributed by atoms with E-state index < -0.39 is 11.7 Å². The predicted octanol–water partition coefficient (Wildman–Crippen LogP) is 2.27. The van der Waals surface area contributed by atoms with Crippen LogP contribution in [0.3, 0.4) is 0 Å². The van der Waals surface area contributed by atoms with E-state index in [4.69, 9.17) is 14.2 Å². The van der Waals surface area contributed by atoms with Crippen molar-refractivity contribution in [3.05, 3.63) is 23.8 Å². The summed E-state index contributed by atoms with van der Waals surface area (Å²) in [6.07, 6.45) is 0.913. The average molecular weight is 264 g/mol. The van der Waals surface area contributed by atoms with Gasteiger partial charge in [0.2, 0.25) is 6.79 Å². The van der Waals surface area contributed by atoms with Gasteiger partial charge in [-0.2, -0.15) is 5.10 Å². The van der Waals surface area contributed by atoms with Crippen molar-refractivity contribution in [3.8, 4) is 11.5 Å². The summed E-state index contributed by atoms with van der Waals surface area (Å²) in [5.41, 5.74) is 2.54. The molecular weight excluding hydrogens is 248 g/mol. The highest BCUT2D eigenvalue weighted by molar-refractivity contribution is 5.82. The third-order valence-electron chi connectivity index (χ3n) is 2.16. The number of hydrogen-bond donors (Lipinski definition) is 1. The Balaban J connectivity index is 1.91. The van der Waals surface area contributed by atoms with Crippen LogP contribution in [0.5, 0.6) is 11.5 Å². The Hall–Kier alpha value is -2.24. The van der Waals surface area contributed by atoms with E-state index in [9.17, 15) is 4.79 Å². The number of hydrogen-bond acceptors (Lipinski definition) is 5. The fraction of sp³-hybridized carbons (Fsp3) is 0.385. The molecule has 0 saturated carbocycles. The zero-order valence-corrected chi connectivity index (χ0v) is 11.1. The third-order valence-corrected chi connectivity index (χ3v) is 2.16. The Kier molecular flexibility index (Phi) is 3.59. The van der Waals surface area contributed by atoms with Gasteiger partial charge < -0.3 is 14.2 Å². The van der Waals surface area contributed by atoms with E-state index in [0.29, 0.717) is 11.5 Å². The summed E-state index contributed by atoms with van der Waals surface area (Å²) in [6.45, 7) is 5.59. The summed E-state index contributed by atoms with van der Waals surface area (Å²) in [7, 11) is 0. The van der Waals surface area contributed by atoms with Crippen molar-refractivity contribution in [2.75, 3.05) is 6.79 Å². The fourth-order valence-electron chi connectivity index (χ4n) is 1.45. The third kappa shape index (κ3) is 3.87. The molecule has 1 heterocycles. The summed E-state index contributed by atoms with van der Waals surface area (Å²) >= 11 is 0. The fourth-order valence-corrected chi connectivity index (χ4v) is 1.45. The minimum Gasteiger partial charge on any atom is -0.454 e. The number of ether oxygens (including phenoxy) is 3. The van der Waals surface area contributed by atoms with Crippen molar-refractivity contribution in [1.29, 1.82) is 0 Å². The second-order valence-corrected chi connectivity index (χ2v) is 4.98. The maximum Gasteiger partial charge on any atom is 0.428 e. The maximum absolute atomic E-state index is 11.3. The van der Waals surface area contributed by atoms with Crippen LogP contribution in [0.25, 0.3) is 0 Å².